The predicted molar refractivity (Wildman–Crippen MR) is 114 cm³/mol. The standard InChI is InChI=1S/C19H23ClN4O3S2/c1-23-6-4-13-14(5-7-23)29-18(22-13)19(27)24-9-11(8-12(24)10-25)21-17(26)15-2-3-16(20)28-15/h2-3,11-12,25H,4-10H2,1H3,(H,21,26). The third-order valence-electron chi connectivity index (χ3n) is 5.43. The molecule has 2 amide bonds. The van der Waals surface area contributed by atoms with Crippen molar-refractivity contribution in [3.8, 4) is 0 Å². The zero-order valence-electron chi connectivity index (χ0n) is 16.1. The number of amides is 2. The minimum Gasteiger partial charge on any atom is -0.394 e. The number of carbonyl (C=O) groups is 2. The number of carbonyl (C=O) groups excluding carboxylic acids is 2. The lowest BCUT2D eigenvalue weighted by Gasteiger charge is -2.21. The van der Waals surface area contributed by atoms with E-state index in [2.05, 4.69) is 22.2 Å². The normalized spacial score (nSPS) is 22.4. The average Bonchev–Trinajstić information content (AvgIpc) is 3.40. The van der Waals surface area contributed by atoms with Crippen LogP contribution in [0.3, 0.4) is 0 Å². The van der Waals surface area contributed by atoms with Gasteiger partial charge in [0, 0.05) is 37.0 Å². The summed E-state index contributed by atoms with van der Waals surface area (Å²) in [6.45, 7) is 2.13. The number of thiophene rings is 1. The van der Waals surface area contributed by atoms with Crippen molar-refractivity contribution in [2.75, 3.05) is 33.3 Å². The smallest absolute Gasteiger partial charge is 0.283 e. The summed E-state index contributed by atoms with van der Waals surface area (Å²) in [5, 5.41) is 13.2. The van der Waals surface area contributed by atoms with Gasteiger partial charge in [0.2, 0.25) is 0 Å². The van der Waals surface area contributed by atoms with Gasteiger partial charge in [-0.2, -0.15) is 0 Å². The summed E-state index contributed by atoms with van der Waals surface area (Å²) in [4.78, 5) is 35.8. The molecule has 2 aliphatic heterocycles. The van der Waals surface area contributed by atoms with Crippen LogP contribution in [0, 0.1) is 0 Å². The molecule has 0 radical (unpaired) electrons. The fourth-order valence-corrected chi connectivity index (χ4v) is 5.82. The zero-order chi connectivity index (χ0) is 20.5. The van der Waals surface area contributed by atoms with Gasteiger partial charge in [-0.25, -0.2) is 4.98 Å². The molecular weight excluding hydrogens is 432 g/mol. The fraction of sp³-hybridized carbons (Fsp3) is 0.526. The molecule has 2 unspecified atom stereocenters. The molecule has 2 aromatic heterocycles. The molecule has 2 atom stereocenters. The Kier molecular flexibility index (Phi) is 6.21. The van der Waals surface area contributed by atoms with Crippen molar-refractivity contribution in [3.63, 3.8) is 0 Å². The van der Waals surface area contributed by atoms with E-state index in [-0.39, 0.29) is 30.5 Å². The van der Waals surface area contributed by atoms with Gasteiger partial charge < -0.3 is 20.2 Å². The first-order chi connectivity index (χ1) is 13.9. The number of nitrogens with one attached hydrogen (secondary N) is 1. The SMILES string of the molecule is CN1CCc2nc(C(=O)N3CC(NC(=O)c4ccc(Cl)s4)CC3CO)sc2CC1. The van der Waals surface area contributed by atoms with E-state index >= 15 is 0 Å². The first-order valence-corrected chi connectivity index (χ1v) is 11.6. The lowest BCUT2D eigenvalue weighted by Crippen LogP contribution is -2.40. The van der Waals surface area contributed by atoms with Crippen LogP contribution in [0.25, 0.3) is 0 Å². The number of likely N-dealkylation sites (N-methyl/N-ethyl adjacent to an activating group) is 1. The van der Waals surface area contributed by atoms with Gasteiger partial charge in [-0.05, 0) is 32.0 Å². The molecule has 29 heavy (non-hydrogen) atoms. The van der Waals surface area contributed by atoms with E-state index in [1.807, 2.05) is 0 Å². The molecule has 0 spiro atoms. The number of aliphatic hydroxyl groups is 1. The van der Waals surface area contributed by atoms with Crippen molar-refractivity contribution in [2.45, 2.75) is 31.3 Å². The van der Waals surface area contributed by atoms with Crippen molar-refractivity contribution < 1.29 is 14.7 Å². The second kappa shape index (κ2) is 8.69. The summed E-state index contributed by atoms with van der Waals surface area (Å²) < 4.78 is 0.557. The molecule has 0 saturated carbocycles. The molecule has 2 aliphatic rings. The molecule has 1 fully saturated rings. The highest BCUT2D eigenvalue weighted by molar-refractivity contribution is 7.18. The van der Waals surface area contributed by atoms with Crippen LogP contribution in [0.5, 0.6) is 0 Å². The molecule has 1 saturated heterocycles. The number of aromatic nitrogens is 1. The number of halogens is 1. The minimum absolute atomic E-state index is 0.140. The van der Waals surface area contributed by atoms with Gasteiger partial charge >= 0.3 is 0 Å². The van der Waals surface area contributed by atoms with E-state index in [1.165, 1.54) is 27.6 Å². The van der Waals surface area contributed by atoms with Gasteiger partial charge in [0.25, 0.3) is 11.8 Å². The first-order valence-electron chi connectivity index (χ1n) is 9.59. The molecular formula is C19H23ClN4O3S2. The van der Waals surface area contributed by atoms with E-state index in [1.54, 1.807) is 17.0 Å². The minimum atomic E-state index is -0.324. The highest BCUT2D eigenvalue weighted by Crippen LogP contribution is 2.27. The highest BCUT2D eigenvalue weighted by atomic mass is 35.5. The van der Waals surface area contributed by atoms with Crippen LogP contribution in [-0.4, -0.2) is 77.1 Å². The van der Waals surface area contributed by atoms with Crippen molar-refractivity contribution in [3.05, 3.63) is 36.9 Å². The van der Waals surface area contributed by atoms with E-state index in [4.69, 9.17) is 11.6 Å². The summed E-state index contributed by atoms with van der Waals surface area (Å²) in [5.74, 6) is -0.366. The van der Waals surface area contributed by atoms with Crippen LogP contribution in [0.1, 0.15) is 36.5 Å². The van der Waals surface area contributed by atoms with Gasteiger partial charge in [-0.3, -0.25) is 9.59 Å². The van der Waals surface area contributed by atoms with Gasteiger partial charge in [-0.1, -0.05) is 11.6 Å². The third-order valence-corrected chi connectivity index (χ3v) is 7.81. The highest BCUT2D eigenvalue weighted by Gasteiger charge is 2.37. The molecule has 7 nitrogen and oxygen atoms in total. The number of hydrogen-bond donors (Lipinski definition) is 2. The van der Waals surface area contributed by atoms with Crippen molar-refractivity contribution in [1.82, 2.24) is 20.1 Å². The Morgan fingerprint density at radius 2 is 2.10 bits per heavy atom. The molecule has 2 aromatic rings. The first kappa shape index (κ1) is 20.7. The molecule has 0 bridgehead atoms. The molecule has 4 heterocycles. The van der Waals surface area contributed by atoms with Crippen molar-refractivity contribution in [2.24, 2.45) is 0 Å². The summed E-state index contributed by atoms with van der Waals surface area (Å²) in [5.41, 5.74) is 1.02. The van der Waals surface area contributed by atoms with Crippen LogP contribution in [-0.2, 0) is 12.8 Å². The predicted octanol–water partition coefficient (Wildman–Crippen LogP) is 1.89. The summed E-state index contributed by atoms with van der Waals surface area (Å²) in [6.07, 6.45) is 2.27. The Balaban J connectivity index is 1.44. The molecule has 156 valence electrons. The van der Waals surface area contributed by atoms with Crippen LogP contribution >= 0.6 is 34.3 Å². The Morgan fingerprint density at radius 1 is 1.31 bits per heavy atom. The van der Waals surface area contributed by atoms with E-state index in [9.17, 15) is 14.7 Å². The molecule has 4 rings (SSSR count). The van der Waals surface area contributed by atoms with E-state index in [0.717, 1.165) is 31.6 Å². The topological polar surface area (TPSA) is 85.8 Å². The zero-order valence-corrected chi connectivity index (χ0v) is 18.4. The summed E-state index contributed by atoms with van der Waals surface area (Å²) >= 11 is 8.59. The van der Waals surface area contributed by atoms with Gasteiger partial charge in [0.05, 0.1) is 27.6 Å². The Morgan fingerprint density at radius 3 is 2.83 bits per heavy atom. The van der Waals surface area contributed by atoms with Crippen molar-refractivity contribution >= 4 is 46.1 Å². The fourth-order valence-electron chi connectivity index (χ4n) is 3.83. The Hall–Kier alpha value is -1.52. The van der Waals surface area contributed by atoms with Gasteiger partial charge in [0.1, 0.15) is 0 Å². The maximum absolute atomic E-state index is 13.1. The van der Waals surface area contributed by atoms with Crippen LogP contribution in [0.4, 0.5) is 0 Å². The van der Waals surface area contributed by atoms with Crippen LogP contribution < -0.4 is 5.32 Å². The molecule has 0 aliphatic carbocycles. The largest absolute Gasteiger partial charge is 0.394 e. The number of nitrogens with zero attached hydrogens (tertiary/aromatic N) is 3. The van der Waals surface area contributed by atoms with E-state index < -0.39 is 0 Å². The van der Waals surface area contributed by atoms with Crippen molar-refractivity contribution in [1.29, 1.82) is 0 Å². The van der Waals surface area contributed by atoms with Gasteiger partial charge in [0.15, 0.2) is 5.01 Å². The second-order valence-corrected chi connectivity index (χ2v) is 10.3. The molecule has 10 heteroatoms. The second-order valence-electron chi connectivity index (χ2n) is 7.50. The average molecular weight is 455 g/mol. The number of likely N-dealkylation sites (tertiary alicyclic amines) is 1. The van der Waals surface area contributed by atoms with Crippen LogP contribution in [0.2, 0.25) is 4.34 Å². The van der Waals surface area contributed by atoms with Crippen LogP contribution in [0.15, 0.2) is 12.1 Å². The quantitative estimate of drug-likeness (QED) is 0.736. The number of rotatable bonds is 4. The maximum Gasteiger partial charge on any atom is 0.283 e. The Labute approximate surface area is 182 Å². The monoisotopic (exact) mass is 454 g/mol. The molecule has 0 aromatic carbocycles. The summed E-state index contributed by atoms with van der Waals surface area (Å²) in [6, 6.07) is 2.83. The maximum atomic E-state index is 13.1. The number of hydrogen-bond acceptors (Lipinski definition) is 7. The van der Waals surface area contributed by atoms with Gasteiger partial charge in [-0.15, -0.1) is 22.7 Å². The lowest BCUT2D eigenvalue weighted by molar-refractivity contribution is 0.0673. The number of fused-ring (bicyclic) bond motifs is 1. The lowest BCUT2D eigenvalue weighted by atomic mass is 10.2. The van der Waals surface area contributed by atoms with E-state index in [0.29, 0.717) is 27.2 Å². The number of thiazole rings is 1. The third kappa shape index (κ3) is 4.49. The number of aliphatic hydroxyl groups excluding tert-OH is 1. The molecule has 2 N–H and O–H groups in total. The Bertz CT molecular complexity index is 890. The summed E-state index contributed by atoms with van der Waals surface area (Å²) in [7, 11) is 2.09.